The molecule has 5 nitrogen and oxygen atoms in total. The summed E-state index contributed by atoms with van der Waals surface area (Å²) in [5, 5.41) is 1.69. The second-order valence-electron chi connectivity index (χ2n) is 5.15. The number of imide groups is 1. The third-order valence-electron chi connectivity index (χ3n) is 3.46. The number of rotatable bonds is 6. The van der Waals surface area contributed by atoms with E-state index in [0.29, 0.717) is 13.0 Å². The first-order valence-corrected chi connectivity index (χ1v) is 8.22. The lowest BCUT2D eigenvalue weighted by molar-refractivity contribution is -0.118. The summed E-state index contributed by atoms with van der Waals surface area (Å²) in [5.74, 6) is 0.569. The molecule has 1 aromatic carbocycles. The van der Waals surface area contributed by atoms with Crippen LogP contribution >= 0.6 is 11.8 Å². The van der Waals surface area contributed by atoms with E-state index < -0.39 is 0 Å². The van der Waals surface area contributed by atoms with E-state index in [1.54, 1.807) is 6.20 Å². The Morgan fingerprint density at radius 2 is 1.96 bits per heavy atom. The van der Waals surface area contributed by atoms with Gasteiger partial charge in [0.1, 0.15) is 5.75 Å². The third kappa shape index (κ3) is 4.32. The fourth-order valence-electron chi connectivity index (χ4n) is 2.28. The highest BCUT2D eigenvalue weighted by Gasteiger charge is 2.31. The van der Waals surface area contributed by atoms with Gasteiger partial charge in [-0.3, -0.25) is 19.9 Å². The summed E-state index contributed by atoms with van der Waals surface area (Å²) in [7, 11) is 0. The number of ether oxygens (including phenoxy) is 1. The molecule has 1 aliphatic rings. The fourth-order valence-corrected chi connectivity index (χ4v) is 3.14. The van der Waals surface area contributed by atoms with Gasteiger partial charge in [0.2, 0.25) is 5.91 Å². The predicted molar refractivity (Wildman–Crippen MR) is 88.5 cm³/mol. The van der Waals surface area contributed by atoms with Crippen LogP contribution in [0, 0.1) is 0 Å². The molecule has 23 heavy (non-hydrogen) atoms. The standard InChI is InChI=1S/C17H16N2O3S/c20-16-15(23-17(21)19-16)11-12-4-6-14(7-5-12)22-10-8-13-3-1-2-9-18-13/h1-7,9,15H,8,10-11H2,(H,19,20,21). The number of nitrogens with zero attached hydrogens (tertiary/aromatic N) is 1. The highest BCUT2D eigenvalue weighted by molar-refractivity contribution is 8.15. The number of carbonyl (C=O) groups is 2. The maximum atomic E-state index is 11.5. The first kappa shape index (κ1) is 15.6. The summed E-state index contributed by atoms with van der Waals surface area (Å²) < 4.78 is 5.69. The zero-order valence-corrected chi connectivity index (χ0v) is 13.2. The molecule has 2 aromatic rings. The molecular formula is C17H16N2O3S. The maximum Gasteiger partial charge on any atom is 0.286 e. The molecule has 6 heteroatoms. The molecule has 0 aliphatic carbocycles. The van der Waals surface area contributed by atoms with E-state index in [9.17, 15) is 9.59 Å². The van der Waals surface area contributed by atoms with Crippen LogP contribution in [-0.2, 0) is 17.6 Å². The minimum Gasteiger partial charge on any atom is -0.493 e. The number of benzene rings is 1. The van der Waals surface area contributed by atoms with E-state index in [4.69, 9.17) is 4.74 Å². The van der Waals surface area contributed by atoms with Crippen molar-refractivity contribution >= 4 is 22.9 Å². The molecule has 1 aromatic heterocycles. The Bertz CT molecular complexity index is 689. The van der Waals surface area contributed by atoms with Crippen molar-refractivity contribution in [2.75, 3.05) is 6.61 Å². The first-order valence-electron chi connectivity index (χ1n) is 7.34. The largest absolute Gasteiger partial charge is 0.493 e. The average molecular weight is 328 g/mol. The lowest BCUT2D eigenvalue weighted by atomic mass is 10.1. The number of thioether (sulfide) groups is 1. The molecule has 3 rings (SSSR count). The summed E-state index contributed by atoms with van der Waals surface area (Å²) in [5.41, 5.74) is 2.00. The second-order valence-corrected chi connectivity index (χ2v) is 6.33. The minimum absolute atomic E-state index is 0.212. The Morgan fingerprint density at radius 3 is 2.61 bits per heavy atom. The Balaban J connectivity index is 1.49. The molecule has 1 aliphatic heterocycles. The zero-order valence-electron chi connectivity index (χ0n) is 12.4. The van der Waals surface area contributed by atoms with Crippen molar-refractivity contribution in [3.63, 3.8) is 0 Å². The third-order valence-corrected chi connectivity index (χ3v) is 4.45. The maximum absolute atomic E-state index is 11.5. The van der Waals surface area contributed by atoms with Crippen LogP contribution in [0.3, 0.4) is 0 Å². The molecule has 1 fully saturated rings. The summed E-state index contributed by atoms with van der Waals surface area (Å²) in [4.78, 5) is 26.9. The van der Waals surface area contributed by atoms with E-state index in [1.165, 1.54) is 0 Å². The molecular weight excluding hydrogens is 312 g/mol. The van der Waals surface area contributed by atoms with E-state index >= 15 is 0 Å². The first-order chi connectivity index (χ1) is 11.2. The number of hydrogen-bond acceptors (Lipinski definition) is 5. The van der Waals surface area contributed by atoms with Crippen LogP contribution in [-0.4, -0.2) is 28.0 Å². The molecule has 0 bridgehead atoms. The number of amides is 2. The van der Waals surface area contributed by atoms with Crippen molar-refractivity contribution < 1.29 is 14.3 Å². The van der Waals surface area contributed by atoms with Crippen molar-refractivity contribution in [2.24, 2.45) is 0 Å². The highest BCUT2D eigenvalue weighted by atomic mass is 32.2. The number of aromatic nitrogens is 1. The Labute approximate surface area is 138 Å². The van der Waals surface area contributed by atoms with Gasteiger partial charge in [-0.25, -0.2) is 0 Å². The summed E-state index contributed by atoms with van der Waals surface area (Å²) in [6.07, 6.45) is 3.06. The zero-order chi connectivity index (χ0) is 16.1. The summed E-state index contributed by atoms with van der Waals surface area (Å²) in [6, 6.07) is 13.4. The van der Waals surface area contributed by atoms with Crippen molar-refractivity contribution in [3.05, 3.63) is 59.9 Å². The second kappa shape index (κ2) is 7.28. The molecule has 0 saturated carbocycles. The van der Waals surface area contributed by atoms with Gasteiger partial charge in [0.15, 0.2) is 0 Å². The van der Waals surface area contributed by atoms with Crippen LogP contribution in [0.4, 0.5) is 4.79 Å². The molecule has 118 valence electrons. The fraction of sp³-hybridized carbons (Fsp3) is 0.235. The van der Waals surface area contributed by atoms with Crippen LogP contribution in [0.15, 0.2) is 48.7 Å². The predicted octanol–water partition coefficient (Wildman–Crippen LogP) is 2.60. The topological polar surface area (TPSA) is 68.3 Å². The van der Waals surface area contributed by atoms with Gasteiger partial charge in [-0.1, -0.05) is 30.0 Å². The van der Waals surface area contributed by atoms with E-state index in [0.717, 1.165) is 35.2 Å². The SMILES string of the molecule is O=C1NC(=O)C(Cc2ccc(OCCc3ccccn3)cc2)S1. The van der Waals surface area contributed by atoms with Crippen LogP contribution in [0.25, 0.3) is 0 Å². The van der Waals surface area contributed by atoms with E-state index in [-0.39, 0.29) is 16.4 Å². The summed E-state index contributed by atoms with van der Waals surface area (Å²) >= 11 is 1.05. The van der Waals surface area contributed by atoms with Crippen molar-refractivity contribution in [1.29, 1.82) is 0 Å². The Hall–Kier alpha value is -2.34. The van der Waals surface area contributed by atoms with Crippen molar-refractivity contribution in [1.82, 2.24) is 10.3 Å². The number of nitrogens with one attached hydrogen (secondary N) is 1. The number of pyridine rings is 1. The lowest BCUT2D eigenvalue weighted by Crippen LogP contribution is -2.25. The molecule has 2 amide bonds. The normalized spacial score (nSPS) is 17.1. The van der Waals surface area contributed by atoms with Gasteiger partial charge >= 0.3 is 0 Å². The van der Waals surface area contributed by atoms with Crippen molar-refractivity contribution in [3.8, 4) is 5.75 Å². The molecule has 1 atom stereocenters. The molecule has 1 N–H and O–H groups in total. The minimum atomic E-state index is -0.335. The van der Waals surface area contributed by atoms with E-state index in [1.807, 2.05) is 42.5 Å². The van der Waals surface area contributed by atoms with Crippen LogP contribution in [0.2, 0.25) is 0 Å². The van der Waals surface area contributed by atoms with Crippen LogP contribution in [0.5, 0.6) is 5.75 Å². The van der Waals surface area contributed by atoms with Crippen molar-refractivity contribution in [2.45, 2.75) is 18.1 Å². The number of carbonyl (C=O) groups excluding carboxylic acids is 2. The molecule has 1 unspecified atom stereocenters. The van der Waals surface area contributed by atoms with Gasteiger partial charge in [0.05, 0.1) is 11.9 Å². The lowest BCUT2D eigenvalue weighted by Gasteiger charge is -2.08. The molecule has 0 spiro atoms. The quantitative estimate of drug-likeness (QED) is 0.883. The van der Waals surface area contributed by atoms with Gasteiger partial charge < -0.3 is 4.74 Å². The molecule has 2 heterocycles. The molecule has 0 radical (unpaired) electrons. The van der Waals surface area contributed by atoms with Gasteiger partial charge in [-0.2, -0.15) is 0 Å². The van der Waals surface area contributed by atoms with Crippen LogP contribution < -0.4 is 10.1 Å². The summed E-state index contributed by atoms with van der Waals surface area (Å²) in [6.45, 7) is 0.561. The highest BCUT2D eigenvalue weighted by Crippen LogP contribution is 2.23. The molecule has 1 saturated heterocycles. The smallest absolute Gasteiger partial charge is 0.286 e. The van der Waals surface area contributed by atoms with Gasteiger partial charge in [-0.15, -0.1) is 0 Å². The Morgan fingerprint density at radius 1 is 1.13 bits per heavy atom. The Kier molecular flexibility index (Phi) is 4.92. The van der Waals surface area contributed by atoms with Gasteiger partial charge in [0.25, 0.3) is 5.24 Å². The van der Waals surface area contributed by atoms with Crippen LogP contribution in [0.1, 0.15) is 11.3 Å². The monoisotopic (exact) mass is 328 g/mol. The van der Waals surface area contributed by atoms with Gasteiger partial charge in [0, 0.05) is 18.3 Å². The van der Waals surface area contributed by atoms with E-state index in [2.05, 4.69) is 10.3 Å². The average Bonchev–Trinajstić information content (AvgIpc) is 2.88. The number of hydrogen-bond donors (Lipinski definition) is 1. The van der Waals surface area contributed by atoms with Gasteiger partial charge in [-0.05, 0) is 36.2 Å².